The lowest BCUT2D eigenvalue weighted by molar-refractivity contribution is -0.116. The summed E-state index contributed by atoms with van der Waals surface area (Å²) in [4.78, 5) is 24.4. The van der Waals surface area contributed by atoms with Gasteiger partial charge >= 0.3 is 0 Å². The van der Waals surface area contributed by atoms with Gasteiger partial charge in [0.05, 0.1) is 17.8 Å². The zero-order chi connectivity index (χ0) is 26.8. The molecule has 1 saturated heterocycles. The number of amides is 1. The Kier molecular flexibility index (Phi) is 7.24. The number of thiocarbonyl (C=S) groups is 1. The summed E-state index contributed by atoms with van der Waals surface area (Å²) in [5.41, 5.74) is 7.19. The van der Waals surface area contributed by atoms with E-state index in [2.05, 4.69) is 63.0 Å². The largest absolute Gasteiger partial charge is 0.352 e. The molecule has 2 N–H and O–H groups in total. The molecular weight excluding hydrogens is 492 g/mol. The monoisotopic (exact) mass is 524 g/mol. The van der Waals surface area contributed by atoms with Crippen molar-refractivity contribution in [2.75, 3.05) is 11.9 Å². The third-order valence-corrected chi connectivity index (χ3v) is 7.53. The van der Waals surface area contributed by atoms with Crippen LogP contribution in [0.3, 0.4) is 0 Å². The number of carbonyl (C=O) groups is 1. The van der Waals surface area contributed by atoms with E-state index < -0.39 is 0 Å². The van der Waals surface area contributed by atoms with Crippen LogP contribution in [0.25, 0.3) is 5.82 Å². The second-order valence-corrected chi connectivity index (χ2v) is 10.1. The molecule has 5 rings (SSSR count). The zero-order valence-electron chi connectivity index (χ0n) is 22.1. The van der Waals surface area contributed by atoms with Gasteiger partial charge in [-0.2, -0.15) is 0 Å². The summed E-state index contributed by atoms with van der Waals surface area (Å²) >= 11 is 5.83. The quantitative estimate of drug-likeness (QED) is 0.311. The highest BCUT2D eigenvalue weighted by atomic mass is 32.1. The normalized spacial score (nSPS) is 16.9. The van der Waals surface area contributed by atoms with Gasteiger partial charge in [-0.15, -0.1) is 0 Å². The maximum atomic E-state index is 12.9. The summed E-state index contributed by atoms with van der Waals surface area (Å²) in [7, 11) is 0. The van der Waals surface area contributed by atoms with E-state index >= 15 is 0 Å². The Bertz CT molecular complexity index is 1480. The maximum absolute atomic E-state index is 12.9. The van der Waals surface area contributed by atoms with Crippen LogP contribution >= 0.6 is 12.2 Å². The van der Waals surface area contributed by atoms with Crippen molar-refractivity contribution in [3.63, 3.8) is 0 Å². The summed E-state index contributed by atoms with van der Waals surface area (Å²) in [5, 5.41) is 7.16. The molecule has 0 radical (unpaired) electrons. The molecule has 1 aromatic carbocycles. The number of carbonyl (C=O) groups excluding carboxylic acids is 1. The molecule has 7 nitrogen and oxygen atoms in total. The van der Waals surface area contributed by atoms with Crippen molar-refractivity contribution in [2.24, 2.45) is 0 Å². The predicted octanol–water partition coefficient (Wildman–Crippen LogP) is 5.50. The number of aromatic nitrogens is 3. The van der Waals surface area contributed by atoms with Crippen LogP contribution in [0.2, 0.25) is 0 Å². The number of hydrogen-bond donors (Lipinski definition) is 2. The average molecular weight is 525 g/mol. The molecule has 1 amide bonds. The van der Waals surface area contributed by atoms with Gasteiger partial charge in [-0.25, -0.2) is 4.98 Å². The van der Waals surface area contributed by atoms with Gasteiger partial charge in [-0.3, -0.25) is 9.78 Å². The van der Waals surface area contributed by atoms with Gasteiger partial charge in [0.25, 0.3) is 0 Å². The van der Waals surface area contributed by atoms with Crippen LogP contribution in [0.5, 0.6) is 0 Å². The molecule has 3 aromatic heterocycles. The molecule has 2 atom stereocenters. The summed E-state index contributed by atoms with van der Waals surface area (Å²) < 4.78 is 2.20. The first-order chi connectivity index (χ1) is 18.3. The highest BCUT2D eigenvalue weighted by molar-refractivity contribution is 7.80. The van der Waals surface area contributed by atoms with Gasteiger partial charge < -0.3 is 20.1 Å². The van der Waals surface area contributed by atoms with Crippen molar-refractivity contribution in [3.05, 3.63) is 107 Å². The number of rotatable bonds is 7. The molecule has 4 aromatic rings. The molecule has 4 heterocycles. The number of aryl methyl sites for hydroxylation is 3. The second kappa shape index (κ2) is 10.8. The Morgan fingerprint density at radius 3 is 2.45 bits per heavy atom. The Labute approximate surface area is 228 Å². The lowest BCUT2D eigenvalue weighted by Crippen LogP contribution is -2.33. The standard InChI is InChI=1S/C30H32N6OS/c1-19-10-5-6-12-24(19)33-26(37)14-17-35-28(27(34-30(35)38)25-13-7-8-15-31-25)23-18-21(3)36(22(23)4)29-20(2)11-9-16-32-29/h5-13,15-16,18,27-28H,14,17H2,1-4H3,(H,33,37)(H,34,38)/t27-,28-/m0/s1. The average Bonchev–Trinajstić information content (AvgIpc) is 3.39. The maximum Gasteiger partial charge on any atom is 0.226 e. The molecule has 0 bridgehead atoms. The highest BCUT2D eigenvalue weighted by Gasteiger charge is 2.41. The van der Waals surface area contributed by atoms with Crippen LogP contribution < -0.4 is 10.6 Å². The zero-order valence-corrected chi connectivity index (χ0v) is 22.9. The Morgan fingerprint density at radius 2 is 1.71 bits per heavy atom. The molecule has 0 aliphatic carbocycles. The Hall–Kier alpha value is -4.04. The van der Waals surface area contributed by atoms with Gasteiger partial charge in [0.1, 0.15) is 5.82 Å². The van der Waals surface area contributed by atoms with Crippen LogP contribution in [0.1, 0.15) is 52.3 Å². The number of nitrogens with zero attached hydrogens (tertiary/aromatic N) is 4. The molecule has 8 heteroatoms. The van der Waals surface area contributed by atoms with Crippen LogP contribution in [0, 0.1) is 27.7 Å². The van der Waals surface area contributed by atoms with Gasteiger partial charge in [0.15, 0.2) is 5.11 Å². The Balaban J connectivity index is 1.48. The molecule has 1 fully saturated rings. The number of hydrogen-bond acceptors (Lipinski definition) is 4. The SMILES string of the molecule is Cc1ccccc1NC(=O)CCN1C(=S)N[C@@H](c2ccccn2)[C@@H]1c1cc(C)n(-c2ncccc2C)c1C. The fourth-order valence-corrected chi connectivity index (χ4v) is 5.59. The van der Waals surface area contributed by atoms with Crippen molar-refractivity contribution < 1.29 is 4.79 Å². The van der Waals surface area contributed by atoms with Crippen molar-refractivity contribution >= 4 is 28.9 Å². The van der Waals surface area contributed by atoms with E-state index in [1.807, 2.05) is 61.7 Å². The topological polar surface area (TPSA) is 75.1 Å². The molecule has 0 saturated carbocycles. The molecular formula is C30H32N6OS. The van der Waals surface area contributed by atoms with Crippen LogP contribution in [-0.4, -0.2) is 37.0 Å². The van der Waals surface area contributed by atoms with Gasteiger partial charge in [0, 0.05) is 42.4 Å². The van der Waals surface area contributed by atoms with Gasteiger partial charge in [-0.1, -0.05) is 30.3 Å². The van der Waals surface area contributed by atoms with E-state index in [9.17, 15) is 4.79 Å². The van der Waals surface area contributed by atoms with E-state index in [4.69, 9.17) is 12.2 Å². The summed E-state index contributed by atoms with van der Waals surface area (Å²) in [5.74, 6) is 0.873. The van der Waals surface area contributed by atoms with Crippen molar-refractivity contribution in [3.8, 4) is 5.82 Å². The summed E-state index contributed by atoms with van der Waals surface area (Å²) in [6.45, 7) is 8.76. The highest BCUT2D eigenvalue weighted by Crippen LogP contribution is 2.41. The molecule has 0 unspecified atom stereocenters. The van der Waals surface area contributed by atoms with E-state index in [0.717, 1.165) is 45.3 Å². The van der Waals surface area contributed by atoms with Gasteiger partial charge in [-0.05, 0) is 86.9 Å². The Morgan fingerprint density at radius 1 is 0.974 bits per heavy atom. The predicted molar refractivity (Wildman–Crippen MR) is 154 cm³/mol. The molecule has 1 aliphatic heterocycles. The number of nitrogens with one attached hydrogen (secondary N) is 2. The number of anilines is 1. The first-order valence-electron chi connectivity index (χ1n) is 12.8. The van der Waals surface area contributed by atoms with Crippen molar-refractivity contribution in [1.82, 2.24) is 24.8 Å². The van der Waals surface area contributed by atoms with Gasteiger partial charge in [0.2, 0.25) is 5.91 Å². The van der Waals surface area contributed by atoms with E-state index in [1.165, 1.54) is 0 Å². The minimum atomic E-state index is -0.151. The summed E-state index contributed by atoms with van der Waals surface area (Å²) in [6.07, 6.45) is 3.93. The van der Waals surface area contributed by atoms with Crippen LogP contribution in [-0.2, 0) is 4.79 Å². The number of benzene rings is 1. The molecule has 0 spiro atoms. The van der Waals surface area contributed by atoms with Crippen LogP contribution in [0.4, 0.5) is 5.69 Å². The van der Waals surface area contributed by atoms with Crippen LogP contribution in [0.15, 0.2) is 73.1 Å². The number of pyridine rings is 2. The first kappa shape index (κ1) is 25.6. The first-order valence-corrected chi connectivity index (χ1v) is 13.2. The fraction of sp³-hybridized carbons (Fsp3) is 0.267. The molecule has 194 valence electrons. The third-order valence-electron chi connectivity index (χ3n) is 7.18. The molecule has 38 heavy (non-hydrogen) atoms. The molecule has 1 aliphatic rings. The van der Waals surface area contributed by atoms with Crippen molar-refractivity contribution in [2.45, 2.75) is 46.2 Å². The second-order valence-electron chi connectivity index (χ2n) is 9.74. The smallest absolute Gasteiger partial charge is 0.226 e. The van der Waals surface area contributed by atoms with Crippen molar-refractivity contribution in [1.29, 1.82) is 0 Å². The lowest BCUT2D eigenvalue weighted by atomic mass is 9.96. The number of para-hydroxylation sites is 1. The van der Waals surface area contributed by atoms with E-state index in [1.54, 1.807) is 6.20 Å². The third kappa shape index (κ3) is 4.91. The lowest BCUT2D eigenvalue weighted by Gasteiger charge is -2.28. The van der Waals surface area contributed by atoms with E-state index in [-0.39, 0.29) is 18.0 Å². The van der Waals surface area contributed by atoms with E-state index in [0.29, 0.717) is 18.1 Å². The fourth-order valence-electron chi connectivity index (χ4n) is 5.26. The summed E-state index contributed by atoms with van der Waals surface area (Å²) in [6, 6.07) is 19.7. The minimum Gasteiger partial charge on any atom is -0.352 e. The minimum absolute atomic E-state index is 0.0447.